The fourth-order valence-corrected chi connectivity index (χ4v) is 3.01. The molecule has 5 nitrogen and oxygen atoms in total. The van der Waals surface area contributed by atoms with Gasteiger partial charge in [-0.1, -0.05) is 6.92 Å². The minimum absolute atomic E-state index is 0.0760. The first kappa shape index (κ1) is 14.3. The highest BCUT2D eigenvalue weighted by molar-refractivity contribution is 5.80. The van der Waals surface area contributed by atoms with E-state index in [1.165, 1.54) is 0 Å². The van der Waals surface area contributed by atoms with Crippen molar-refractivity contribution in [2.75, 3.05) is 19.7 Å². The van der Waals surface area contributed by atoms with Gasteiger partial charge in [0, 0.05) is 26.1 Å². The first-order valence-electron chi connectivity index (χ1n) is 7.20. The Morgan fingerprint density at radius 3 is 2.79 bits per heavy atom. The number of hydrogen-bond donors (Lipinski definition) is 1. The minimum Gasteiger partial charge on any atom is -0.481 e. The van der Waals surface area contributed by atoms with Crippen molar-refractivity contribution in [1.82, 2.24) is 4.90 Å². The number of carbonyl (C=O) groups excluding carboxylic acids is 1. The van der Waals surface area contributed by atoms with Crippen LogP contribution in [0, 0.1) is 5.41 Å². The first-order valence-corrected chi connectivity index (χ1v) is 7.20. The molecule has 1 N–H and O–H groups in total. The van der Waals surface area contributed by atoms with Gasteiger partial charge in [-0.05, 0) is 32.1 Å². The molecule has 0 aromatic carbocycles. The Hall–Kier alpha value is -1.10. The molecule has 2 heterocycles. The fourth-order valence-electron chi connectivity index (χ4n) is 3.01. The second kappa shape index (κ2) is 5.90. The zero-order chi connectivity index (χ0) is 13.9. The van der Waals surface area contributed by atoms with E-state index in [2.05, 4.69) is 0 Å². The predicted octanol–water partition coefficient (Wildman–Crippen LogP) is 1.66. The second-order valence-corrected chi connectivity index (χ2v) is 5.68. The molecule has 0 bridgehead atoms. The van der Waals surface area contributed by atoms with Crippen LogP contribution in [0.5, 0.6) is 0 Å². The Morgan fingerprint density at radius 2 is 2.26 bits per heavy atom. The second-order valence-electron chi connectivity index (χ2n) is 5.68. The Labute approximate surface area is 113 Å². The Bertz CT molecular complexity index is 351. The number of amides is 1. The number of carboxylic acids is 1. The summed E-state index contributed by atoms with van der Waals surface area (Å²) >= 11 is 0. The van der Waals surface area contributed by atoms with E-state index in [1.807, 2.05) is 6.92 Å². The molecule has 2 unspecified atom stereocenters. The highest BCUT2D eigenvalue weighted by atomic mass is 16.5. The van der Waals surface area contributed by atoms with Crippen molar-refractivity contribution in [1.29, 1.82) is 0 Å². The van der Waals surface area contributed by atoms with E-state index in [0.717, 1.165) is 25.9 Å². The summed E-state index contributed by atoms with van der Waals surface area (Å²) in [6, 6.07) is 0. The van der Waals surface area contributed by atoms with Crippen LogP contribution in [0.4, 0.5) is 0 Å². The van der Waals surface area contributed by atoms with Crippen LogP contribution in [0.3, 0.4) is 0 Å². The summed E-state index contributed by atoms with van der Waals surface area (Å²) in [5.41, 5.74) is -0.723. The maximum absolute atomic E-state index is 12.1. The van der Waals surface area contributed by atoms with Gasteiger partial charge in [0.15, 0.2) is 0 Å². The van der Waals surface area contributed by atoms with Gasteiger partial charge in [-0.15, -0.1) is 0 Å². The normalized spacial score (nSPS) is 30.8. The third-order valence-electron chi connectivity index (χ3n) is 4.54. The molecule has 2 fully saturated rings. The van der Waals surface area contributed by atoms with E-state index in [4.69, 9.17) is 4.74 Å². The molecule has 2 rings (SSSR count). The summed E-state index contributed by atoms with van der Waals surface area (Å²) in [6.07, 6.45) is 4.75. The Balaban J connectivity index is 1.82. The average molecular weight is 269 g/mol. The molecule has 108 valence electrons. The van der Waals surface area contributed by atoms with Crippen LogP contribution in [-0.2, 0) is 14.3 Å². The van der Waals surface area contributed by atoms with E-state index < -0.39 is 11.4 Å². The van der Waals surface area contributed by atoms with Crippen LogP contribution in [0.25, 0.3) is 0 Å². The number of rotatable bonds is 5. The number of aliphatic carboxylic acids is 1. The first-order chi connectivity index (χ1) is 9.07. The van der Waals surface area contributed by atoms with E-state index >= 15 is 0 Å². The maximum Gasteiger partial charge on any atom is 0.311 e. The summed E-state index contributed by atoms with van der Waals surface area (Å²) in [5, 5.41) is 9.31. The summed E-state index contributed by atoms with van der Waals surface area (Å²) in [7, 11) is 0. The van der Waals surface area contributed by atoms with Gasteiger partial charge in [0.25, 0.3) is 0 Å². The highest BCUT2D eigenvalue weighted by Gasteiger charge is 2.44. The van der Waals surface area contributed by atoms with Crippen molar-refractivity contribution in [3.8, 4) is 0 Å². The smallest absolute Gasteiger partial charge is 0.311 e. The lowest BCUT2D eigenvalue weighted by atomic mass is 9.84. The van der Waals surface area contributed by atoms with Gasteiger partial charge in [-0.3, -0.25) is 9.59 Å². The molecular weight excluding hydrogens is 246 g/mol. The number of nitrogens with zero attached hydrogens (tertiary/aromatic N) is 1. The molecule has 2 aliphatic rings. The molecule has 2 aliphatic heterocycles. The van der Waals surface area contributed by atoms with E-state index in [1.54, 1.807) is 4.90 Å². The van der Waals surface area contributed by atoms with Crippen molar-refractivity contribution < 1.29 is 19.4 Å². The SMILES string of the molecule is CCC1(C(=O)O)CCN(C(=O)CCC2CCCO2)C1. The van der Waals surface area contributed by atoms with Crippen LogP contribution in [0.1, 0.15) is 45.4 Å². The van der Waals surface area contributed by atoms with Crippen molar-refractivity contribution in [3.05, 3.63) is 0 Å². The van der Waals surface area contributed by atoms with Crippen molar-refractivity contribution in [2.24, 2.45) is 5.41 Å². The lowest BCUT2D eigenvalue weighted by Gasteiger charge is -2.23. The maximum atomic E-state index is 12.1. The molecule has 0 radical (unpaired) electrons. The zero-order valence-electron chi connectivity index (χ0n) is 11.6. The summed E-state index contributed by atoms with van der Waals surface area (Å²) in [6.45, 7) is 3.63. The molecular formula is C14H23NO4. The molecule has 0 aromatic heterocycles. The van der Waals surface area contributed by atoms with Gasteiger partial charge in [-0.2, -0.15) is 0 Å². The Morgan fingerprint density at radius 1 is 1.47 bits per heavy atom. The summed E-state index contributed by atoms with van der Waals surface area (Å²) in [4.78, 5) is 25.2. The molecule has 0 spiro atoms. The standard InChI is InChI=1S/C14H23NO4/c1-2-14(13(17)18)7-8-15(10-14)12(16)6-5-11-4-3-9-19-11/h11H,2-10H2,1H3,(H,17,18). The predicted molar refractivity (Wildman–Crippen MR) is 69.8 cm³/mol. The minimum atomic E-state index is -0.774. The van der Waals surface area contributed by atoms with Crippen LogP contribution in [-0.4, -0.2) is 47.7 Å². The lowest BCUT2D eigenvalue weighted by Crippen LogP contribution is -2.36. The number of likely N-dealkylation sites (tertiary alicyclic amines) is 1. The van der Waals surface area contributed by atoms with E-state index in [9.17, 15) is 14.7 Å². The van der Waals surface area contributed by atoms with Crippen LogP contribution in [0.2, 0.25) is 0 Å². The molecule has 0 saturated carbocycles. The van der Waals surface area contributed by atoms with E-state index in [-0.39, 0.29) is 12.0 Å². The third kappa shape index (κ3) is 3.08. The number of carbonyl (C=O) groups is 2. The van der Waals surface area contributed by atoms with Crippen molar-refractivity contribution in [3.63, 3.8) is 0 Å². The molecule has 0 aliphatic carbocycles. The number of hydrogen-bond acceptors (Lipinski definition) is 3. The van der Waals surface area contributed by atoms with Crippen molar-refractivity contribution >= 4 is 11.9 Å². The van der Waals surface area contributed by atoms with E-state index in [0.29, 0.717) is 32.4 Å². The molecule has 2 saturated heterocycles. The molecule has 19 heavy (non-hydrogen) atoms. The van der Waals surface area contributed by atoms with Crippen LogP contribution < -0.4 is 0 Å². The van der Waals surface area contributed by atoms with Gasteiger partial charge < -0.3 is 14.7 Å². The quantitative estimate of drug-likeness (QED) is 0.824. The number of carboxylic acid groups (broad SMARTS) is 1. The van der Waals surface area contributed by atoms with Crippen LogP contribution >= 0.6 is 0 Å². The lowest BCUT2D eigenvalue weighted by molar-refractivity contribution is -0.148. The molecule has 2 atom stereocenters. The molecule has 5 heteroatoms. The monoisotopic (exact) mass is 269 g/mol. The van der Waals surface area contributed by atoms with Gasteiger partial charge in [0.05, 0.1) is 11.5 Å². The van der Waals surface area contributed by atoms with Gasteiger partial charge in [-0.25, -0.2) is 0 Å². The van der Waals surface area contributed by atoms with Gasteiger partial charge >= 0.3 is 5.97 Å². The zero-order valence-corrected chi connectivity index (χ0v) is 11.6. The van der Waals surface area contributed by atoms with Crippen molar-refractivity contribution in [2.45, 2.75) is 51.6 Å². The topological polar surface area (TPSA) is 66.8 Å². The largest absolute Gasteiger partial charge is 0.481 e. The third-order valence-corrected chi connectivity index (χ3v) is 4.54. The van der Waals surface area contributed by atoms with Gasteiger partial charge in [0.2, 0.25) is 5.91 Å². The van der Waals surface area contributed by atoms with Crippen LogP contribution in [0.15, 0.2) is 0 Å². The average Bonchev–Trinajstić information content (AvgIpc) is 3.05. The molecule has 0 aromatic rings. The summed E-state index contributed by atoms with van der Waals surface area (Å²) in [5.74, 6) is -0.698. The molecule has 1 amide bonds. The number of ether oxygens (including phenoxy) is 1. The fraction of sp³-hybridized carbons (Fsp3) is 0.857. The summed E-state index contributed by atoms with van der Waals surface area (Å²) < 4.78 is 5.50. The van der Waals surface area contributed by atoms with Gasteiger partial charge in [0.1, 0.15) is 0 Å². The Kier molecular flexibility index (Phi) is 4.45. The highest BCUT2D eigenvalue weighted by Crippen LogP contribution is 2.34.